The molecule has 27 heavy (non-hydrogen) atoms. The molecule has 1 atom stereocenters. The van der Waals surface area contributed by atoms with Crippen LogP contribution in [0, 0.1) is 5.92 Å². The molecule has 0 bridgehead atoms. The second-order valence-electron chi connectivity index (χ2n) is 7.02. The summed E-state index contributed by atoms with van der Waals surface area (Å²) in [5.41, 5.74) is 2.25. The van der Waals surface area contributed by atoms with Crippen molar-refractivity contribution in [2.75, 3.05) is 5.75 Å². The van der Waals surface area contributed by atoms with Crippen molar-refractivity contribution in [2.24, 2.45) is 5.92 Å². The number of rotatable bonds is 10. The van der Waals surface area contributed by atoms with Crippen LogP contribution in [0.5, 0.6) is 5.75 Å². The van der Waals surface area contributed by atoms with E-state index in [4.69, 9.17) is 16.3 Å². The molecule has 0 amide bonds. The van der Waals surface area contributed by atoms with Crippen LogP contribution < -0.4 is 4.74 Å². The van der Waals surface area contributed by atoms with E-state index in [2.05, 4.69) is 31.2 Å². The van der Waals surface area contributed by atoms with E-state index in [0.717, 1.165) is 11.1 Å². The molecule has 0 aliphatic carbocycles. The van der Waals surface area contributed by atoms with Gasteiger partial charge < -0.3 is 4.74 Å². The van der Waals surface area contributed by atoms with E-state index in [1.165, 1.54) is 36.3 Å². The summed E-state index contributed by atoms with van der Waals surface area (Å²) in [6, 6.07) is 16.2. The van der Waals surface area contributed by atoms with Gasteiger partial charge >= 0.3 is 5.97 Å². The molecule has 0 aliphatic rings. The fraction of sp³-hybridized carbons (Fsp3) is 0.435. The Balaban J connectivity index is 1.90. The smallest absolute Gasteiger partial charge is 0.329 e. The summed E-state index contributed by atoms with van der Waals surface area (Å²) in [6.45, 7) is 6.03. The van der Waals surface area contributed by atoms with Crippen LogP contribution in [-0.2, 0) is 4.79 Å². The van der Waals surface area contributed by atoms with Gasteiger partial charge in [0.15, 0.2) is 0 Å². The molecule has 0 fully saturated rings. The molecular formula is C23H29ClO2S. The first-order valence-corrected chi connectivity index (χ1v) is 11.1. The molecule has 2 nitrogen and oxygen atoms in total. The number of hydrogen-bond acceptors (Lipinski definition) is 3. The molecule has 0 radical (unpaired) electrons. The number of halogens is 1. The maximum absolute atomic E-state index is 11.9. The number of ether oxygens (including phenoxy) is 1. The van der Waals surface area contributed by atoms with Crippen LogP contribution in [0.4, 0.5) is 0 Å². The molecule has 2 rings (SSSR count). The lowest BCUT2D eigenvalue weighted by atomic mass is 10.1. The molecule has 4 heteroatoms. The van der Waals surface area contributed by atoms with Gasteiger partial charge in [0.2, 0.25) is 0 Å². The van der Waals surface area contributed by atoms with Crippen LogP contribution in [0.2, 0.25) is 0 Å². The lowest BCUT2D eigenvalue weighted by Gasteiger charge is -2.12. The molecule has 0 saturated carbocycles. The molecule has 0 spiro atoms. The minimum atomic E-state index is -0.628. The van der Waals surface area contributed by atoms with Gasteiger partial charge in [0.05, 0.1) is 0 Å². The van der Waals surface area contributed by atoms with Gasteiger partial charge in [0.25, 0.3) is 0 Å². The second-order valence-corrected chi connectivity index (χ2v) is 8.66. The number of alkyl halides is 1. The fourth-order valence-corrected chi connectivity index (χ4v) is 3.58. The van der Waals surface area contributed by atoms with E-state index >= 15 is 0 Å². The number of carbonyl (C=O) groups excluding carboxylic acids is 1. The number of carbonyl (C=O) groups is 1. The number of unbranched alkanes of at least 4 members (excludes halogenated alkanes) is 3. The van der Waals surface area contributed by atoms with E-state index in [1.54, 1.807) is 0 Å². The summed E-state index contributed by atoms with van der Waals surface area (Å²) in [4.78, 5) is 13.2. The highest BCUT2D eigenvalue weighted by molar-refractivity contribution is 7.99. The van der Waals surface area contributed by atoms with E-state index in [9.17, 15) is 4.79 Å². The van der Waals surface area contributed by atoms with Gasteiger partial charge in [0, 0.05) is 4.90 Å². The molecule has 0 N–H and O–H groups in total. The highest BCUT2D eigenvalue weighted by atomic mass is 35.5. The van der Waals surface area contributed by atoms with Crippen molar-refractivity contribution < 1.29 is 9.53 Å². The Labute approximate surface area is 172 Å². The van der Waals surface area contributed by atoms with Gasteiger partial charge in [-0.2, -0.15) is 0 Å². The summed E-state index contributed by atoms with van der Waals surface area (Å²) >= 11 is 7.96. The Hall–Kier alpha value is -1.45. The van der Waals surface area contributed by atoms with Crippen LogP contribution >= 0.6 is 23.4 Å². The van der Waals surface area contributed by atoms with Crippen molar-refractivity contribution in [1.29, 1.82) is 0 Å². The Morgan fingerprint density at radius 1 is 0.963 bits per heavy atom. The molecular weight excluding hydrogens is 376 g/mol. The first kappa shape index (κ1) is 21.8. The standard InChI is InChI=1S/C23H29ClO2S/c1-4-5-6-7-16-27-21-14-10-19(11-15-21)18-8-12-20(13-9-18)26-23(25)22(24)17(2)3/h8-15,17,22H,4-7,16H2,1-3H3. The molecule has 0 aromatic heterocycles. The second kappa shape index (κ2) is 11.4. The van der Waals surface area contributed by atoms with Crippen molar-refractivity contribution in [3.8, 4) is 16.9 Å². The Morgan fingerprint density at radius 2 is 1.56 bits per heavy atom. The van der Waals surface area contributed by atoms with Crippen LogP contribution in [0.15, 0.2) is 53.4 Å². The third kappa shape index (κ3) is 7.23. The lowest BCUT2D eigenvalue weighted by molar-refractivity contribution is -0.134. The van der Waals surface area contributed by atoms with E-state index in [0.29, 0.717) is 5.75 Å². The van der Waals surface area contributed by atoms with Crippen LogP contribution in [0.3, 0.4) is 0 Å². The number of benzene rings is 2. The average molecular weight is 405 g/mol. The Morgan fingerprint density at radius 3 is 2.11 bits per heavy atom. The van der Waals surface area contributed by atoms with Crippen molar-refractivity contribution >= 4 is 29.3 Å². The molecule has 1 unspecified atom stereocenters. The van der Waals surface area contributed by atoms with Gasteiger partial charge in [-0.15, -0.1) is 23.4 Å². The highest BCUT2D eigenvalue weighted by Crippen LogP contribution is 2.27. The van der Waals surface area contributed by atoms with E-state index < -0.39 is 11.3 Å². The van der Waals surface area contributed by atoms with Crippen molar-refractivity contribution in [3.63, 3.8) is 0 Å². The monoisotopic (exact) mass is 404 g/mol. The first-order valence-electron chi connectivity index (χ1n) is 9.70. The third-order valence-electron chi connectivity index (χ3n) is 4.34. The van der Waals surface area contributed by atoms with Gasteiger partial charge in [0.1, 0.15) is 11.1 Å². The number of esters is 1. The maximum Gasteiger partial charge on any atom is 0.329 e. The zero-order valence-electron chi connectivity index (χ0n) is 16.4. The van der Waals surface area contributed by atoms with E-state index in [1.807, 2.05) is 49.9 Å². The van der Waals surface area contributed by atoms with E-state index in [-0.39, 0.29) is 5.92 Å². The topological polar surface area (TPSA) is 26.3 Å². The van der Waals surface area contributed by atoms with Gasteiger partial charge in [-0.05, 0) is 53.5 Å². The Bertz CT molecular complexity index is 695. The normalized spacial score (nSPS) is 12.2. The summed E-state index contributed by atoms with van der Waals surface area (Å²) in [5.74, 6) is 1.34. The zero-order valence-corrected chi connectivity index (χ0v) is 18.0. The van der Waals surface area contributed by atoms with Crippen molar-refractivity contribution in [1.82, 2.24) is 0 Å². The molecule has 0 heterocycles. The van der Waals surface area contributed by atoms with Gasteiger partial charge in [-0.25, -0.2) is 0 Å². The quantitative estimate of drug-likeness (QED) is 0.138. The van der Waals surface area contributed by atoms with Gasteiger partial charge in [-0.1, -0.05) is 64.3 Å². The average Bonchev–Trinajstić information content (AvgIpc) is 2.68. The zero-order chi connectivity index (χ0) is 19.6. The number of hydrogen-bond donors (Lipinski definition) is 0. The highest BCUT2D eigenvalue weighted by Gasteiger charge is 2.21. The number of thioether (sulfide) groups is 1. The Kier molecular flexibility index (Phi) is 9.23. The van der Waals surface area contributed by atoms with Crippen molar-refractivity contribution in [3.05, 3.63) is 48.5 Å². The minimum Gasteiger partial charge on any atom is -0.425 e. The predicted octanol–water partition coefficient (Wildman–Crippen LogP) is 7.19. The summed E-state index contributed by atoms with van der Waals surface area (Å²) < 4.78 is 5.35. The molecule has 2 aromatic rings. The maximum atomic E-state index is 11.9. The fourth-order valence-electron chi connectivity index (χ4n) is 2.62. The molecule has 2 aromatic carbocycles. The summed E-state index contributed by atoms with van der Waals surface area (Å²) in [7, 11) is 0. The minimum absolute atomic E-state index is 0.0430. The summed E-state index contributed by atoms with van der Waals surface area (Å²) in [6.07, 6.45) is 5.20. The van der Waals surface area contributed by atoms with Crippen LogP contribution in [0.1, 0.15) is 46.5 Å². The van der Waals surface area contributed by atoms with Gasteiger partial charge in [-0.3, -0.25) is 4.79 Å². The summed E-state index contributed by atoms with van der Waals surface area (Å²) in [5, 5.41) is -0.628. The predicted molar refractivity (Wildman–Crippen MR) is 117 cm³/mol. The lowest BCUT2D eigenvalue weighted by Crippen LogP contribution is -2.25. The SMILES string of the molecule is CCCCCCSc1ccc(-c2ccc(OC(=O)C(Cl)C(C)C)cc2)cc1. The molecule has 146 valence electrons. The molecule has 0 aliphatic heterocycles. The first-order chi connectivity index (χ1) is 13.0. The van der Waals surface area contributed by atoms with Crippen LogP contribution in [0.25, 0.3) is 11.1 Å². The third-order valence-corrected chi connectivity index (χ3v) is 6.12. The molecule has 0 saturated heterocycles. The van der Waals surface area contributed by atoms with Crippen LogP contribution in [-0.4, -0.2) is 17.1 Å². The largest absolute Gasteiger partial charge is 0.425 e. The van der Waals surface area contributed by atoms with Crippen molar-refractivity contribution in [2.45, 2.75) is 56.7 Å².